The lowest BCUT2D eigenvalue weighted by Crippen LogP contribution is -2.43. The third-order valence-corrected chi connectivity index (χ3v) is 4.97. The van der Waals surface area contributed by atoms with Gasteiger partial charge in [0.25, 0.3) is 11.8 Å². The molecule has 3 aromatic carbocycles. The zero-order valence-electron chi connectivity index (χ0n) is 13.8. The molecule has 27 heavy (non-hydrogen) atoms. The number of rotatable bonds is 4. The van der Waals surface area contributed by atoms with Crippen molar-refractivity contribution in [1.29, 1.82) is 0 Å². The van der Waals surface area contributed by atoms with Gasteiger partial charge in [-0.3, -0.25) is 20.4 Å². The topological polar surface area (TPSA) is 67.4 Å². The number of benzene rings is 3. The summed E-state index contributed by atoms with van der Waals surface area (Å²) in [6.45, 7) is -0.287. The van der Waals surface area contributed by atoms with Gasteiger partial charge in [-0.25, -0.2) is 4.39 Å². The number of carbonyl (C=O) groups excluding carboxylic acids is 2. The highest BCUT2D eigenvalue weighted by atomic mass is 79.9. The molecule has 138 valence electrons. The molecule has 0 unspecified atom stereocenters. The SMILES string of the molecule is O=C(COc1ccc2cc(Br)ccc2c1Br)NNC(=O)c1ccc(F)cc1. The van der Waals surface area contributed by atoms with Gasteiger partial charge in [0, 0.05) is 10.0 Å². The summed E-state index contributed by atoms with van der Waals surface area (Å²) >= 11 is 6.90. The number of fused-ring (bicyclic) bond motifs is 1. The van der Waals surface area contributed by atoms with Gasteiger partial charge >= 0.3 is 0 Å². The monoisotopic (exact) mass is 494 g/mol. The lowest BCUT2D eigenvalue weighted by molar-refractivity contribution is -0.123. The summed E-state index contributed by atoms with van der Waals surface area (Å²) in [5.74, 6) is -1.03. The van der Waals surface area contributed by atoms with Gasteiger partial charge in [-0.1, -0.05) is 28.1 Å². The van der Waals surface area contributed by atoms with Crippen LogP contribution in [-0.2, 0) is 4.79 Å². The number of ether oxygens (including phenoxy) is 1. The third-order valence-electron chi connectivity index (χ3n) is 3.66. The van der Waals surface area contributed by atoms with Crippen LogP contribution in [-0.4, -0.2) is 18.4 Å². The first-order valence-electron chi connectivity index (χ1n) is 7.79. The van der Waals surface area contributed by atoms with E-state index in [9.17, 15) is 14.0 Å². The molecule has 0 aliphatic heterocycles. The molecule has 0 bridgehead atoms. The van der Waals surface area contributed by atoms with Crippen LogP contribution in [0.5, 0.6) is 5.75 Å². The van der Waals surface area contributed by atoms with Crippen LogP contribution in [0.1, 0.15) is 10.4 Å². The standard InChI is InChI=1S/C19H13Br2FN2O3/c20-13-4-7-15-12(9-13)3-8-16(18(15)21)27-10-17(25)23-24-19(26)11-1-5-14(22)6-2-11/h1-9H,10H2,(H,23,25)(H,24,26). The number of amides is 2. The summed E-state index contributed by atoms with van der Waals surface area (Å²) in [5.41, 5.74) is 4.72. The molecule has 0 fully saturated rings. The molecule has 0 aliphatic carbocycles. The number of hydrogen-bond donors (Lipinski definition) is 2. The van der Waals surface area contributed by atoms with E-state index < -0.39 is 17.6 Å². The first-order chi connectivity index (χ1) is 12.9. The number of nitrogens with one attached hydrogen (secondary N) is 2. The molecule has 8 heteroatoms. The predicted molar refractivity (Wildman–Crippen MR) is 107 cm³/mol. The molecule has 0 aromatic heterocycles. The normalized spacial score (nSPS) is 10.5. The Balaban J connectivity index is 1.57. The van der Waals surface area contributed by atoms with Gasteiger partial charge in [-0.05, 0) is 69.2 Å². The average Bonchev–Trinajstić information content (AvgIpc) is 2.66. The van der Waals surface area contributed by atoms with E-state index in [4.69, 9.17) is 4.74 Å². The van der Waals surface area contributed by atoms with Crippen molar-refractivity contribution < 1.29 is 18.7 Å². The molecule has 0 atom stereocenters. The second-order valence-electron chi connectivity index (χ2n) is 5.54. The maximum Gasteiger partial charge on any atom is 0.276 e. The quantitative estimate of drug-likeness (QED) is 0.529. The average molecular weight is 496 g/mol. The van der Waals surface area contributed by atoms with Gasteiger partial charge in [0.15, 0.2) is 6.61 Å². The third kappa shape index (κ3) is 4.84. The summed E-state index contributed by atoms with van der Waals surface area (Å²) in [5, 5.41) is 1.96. The Morgan fingerprint density at radius 2 is 1.70 bits per heavy atom. The minimum atomic E-state index is -0.555. The number of carbonyl (C=O) groups is 2. The fraction of sp³-hybridized carbons (Fsp3) is 0.0526. The molecule has 0 saturated heterocycles. The minimum Gasteiger partial charge on any atom is -0.483 e. The van der Waals surface area contributed by atoms with Crippen LogP contribution in [0.4, 0.5) is 4.39 Å². The van der Waals surface area contributed by atoms with Gasteiger partial charge in [0.05, 0.1) is 4.47 Å². The second-order valence-corrected chi connectivity index (χ2v) is 7.25. The van der Waals surface area contributed by atoms with Crippen molar-refractivity contribution in [2.45, 2.75) is 0 Å². The predicted octanol–water partition coefficient (Wildman–Crippen LogP) is 4.34. The smallest absolute Gasteiger partial charge is 0.276 e. The van der Waals surface area contributed by atoms with Crippen LogP contribution in [0.15, 0.2) is 63.5 Å². The molecular weight excluding hydrogens is 483 g/mol. The molecule has 0 spiro atoms. The molecule has 3 aromatic rings. The van der Waals surface area contributed by atoms with Crippen LogP contribution < -0.4 is 15.6 Å². The Labute approximate surface area is 171 Å². The van der Waals surface area contributed by atoms with Crippen molar-refractivity contribution in [3.63, 3.8) is 0 Å². The summed E-state index contributed by atoms with van der Waals surface area (Å²) in [6, 6.07) is 14.4. The maximum absolute atomic E-state index is 12.9. The maximum atomic E-state index is 12.9. The second kappa shape index (κ2) is 8.49. The highest BCUT2D eigenvalue weighted by molar-refractivity contribution is 9.11. The van der Waals surface area contributed by atoms with Crippen LogP contribution in [0.25, 0.3) is 10.8 Å². The number of hydrogen-bond acceptors (Lipinski definition) is 3. The highest BCUT2D eigenvalue weighted by Gasteiger charge is 2.11. The van der Waals surface area contributed by atoms with Gasteiger partial charge in [0.2, 0.25) is 0 Å². The van der Waals surface area contributed by atoms with Crippen molar-refractivity contribution in [1.82, 2.24) is 10.9 Å². The van der Waals surface area contributed by atoms with E-state index in [1.165, 1.54) is 12.1 Å². The Morgan fingerprint density at radius 1 is 0.963 bits per heavy atom. The van der Waals surface area contributed by atoms with E-state index in [2.05, 4.69) is 42.7 Å². The van der Waals surface area contributed by atoms with Crippen molar-refractivity contribution in [2.24, 2.45) is 0 Å². The molecule has 0 heterocycles. The molecule has 2 N–H and O–H groups in total. The van der Waals surface area contributed by atoms with Crippen LogP contribution in [0.2, 0.25) is 0 Å². The van der Waals surface area contributed by atoms with Crippen molar-refractivity contribution in [2.75, 3.05) is 6.61 Å². The van der Waals surface area contributed by atoms with Gasteiger partial charge in [0.1, 0.15) is 11.6 Å². The summed E-state index contributed by atoms with van der Waals surface area (Å²) in [4.78, 5) is 23.8. The van der Waals surface area contributed by atoms with Crippen LogP contribution in [0.3, 0.4) is 0 Å². The van der Waals surface area contributed by atoms with Gasteiger partial charge in [-0.15, -0.1) is 0 Å². The summed E-state index contributed by atoms with van der Waals surface area (Å²) < 4.78 is 20.1. The van der Waals surface area contributed by atoms with Crippen molar-refractivity contribution >= 4 is 54.4 Å². The zero-order chi connectivity index (χ0) is 19.4. The van der Waals surface area contributed by atoms with Gasteiger partial charge in [-0.2, -0.15) is 0 Å². The van der Waals surface area contributed by atoms with Crippen molar-refractivity contribution in [3.05, 3.63) is 74.9 Å². The van der Waals surface area contributed by atoms with Crippen molar-refractivity contribution in [3.8, 4) is 5.75 Å². The molecule has 3 rings (SSSR count). The number of hydrazine groups is 1. The van der Waals surface area contributed by atoms with Crippen LogP contribution >= 0.6 is 31.9 Å². The van der Waals surface area contributed by atoms with E-state index in [1.54, 1.807) is 6.07 Å². The Hall–Kier alpha value is -2.45. The number of halogens is 3. The van der Waals surface area contributed by atoms with E-state index in [0.717, 1.165) is 31.9 Å². The van der Waals surface area contributed by atoms with E-state index in [0.29, 0.717) is 5.75 Å². The fourth-order valence-electron chi connectivity index (χ4n) is 2.33. The zero-order valence-corrected chi connectivity index (χ0v) is 16.9. The molecule has 2 amide bonds. The fourth-order valence-corrected chi connectivity index (χ4v) is 3.32. The van der Waals surface area contributed by atoms with E-state index in [-0.39, 0.29) is 12.2 Å². The highest BCUT2D eigenvalue weighted by Crippen LogP contribution is 2.34. The molecule has 0 aliphatic rings. The van der Waals surface area contributed by atoms with E-state index in [1.807, 2.05) is 24.3 Å². The molecule has 0 saturated carbocycles. The Morgan fingerprint density at radius 3 is 2.44 bits per heavy atom. The van der Waals surface area contributed by atoms with E-state index >= 15 is 0 Å². The first kappa shape index (κ1) is 19.3. The largest absolute Gasteiger partial charge is 0.483 e. The summed E-state index contributed by atoms with van der Waals surface area (Å²) in [6.07, 6.45) is 0. The van der Waals surface area contributed by atoms with Crippen LogP contribution in [0, 0.1) is 5.82 Å². The molecular formula is C19H13Br2FN2O3. The molecule has 0 radical (unpaired) electrons. The molecule has 5 nitrogen and oxygen atoms in total. The minimum absolute atomic E-state index is 0.223. The van der Waals surface area contributed by atoms with Gasteiger partial charge < -0.3 is 4.74 Å². The lowest BCUT2D eigenvalue weighted by atomic mass is 10.1. The first-order valence-corrected chi connectivity index (χ1v) is 9.38. The Kier molecular flexibility index (Phi) is 6.08. The lowest BCUT2D eigenvalue weighted by Gasteiger charge is -2.11. The summed E-state index contributed by atoms with van der Waals surface area (Å²) in [7, 11) is 0. The Bertz CT molecular complexity index is 1010.